The summed E-state index contributed by atoms with van der Waals surface area (Å²) < 4.78 is 17.3. The van der Waals surface area contributed by atoms with Gasteiger partial charge in [-0.2, -0.15) is 0 Å². The molecule has 0 unspecified atom stereocenters. The highest BCUT2D eigenvalue weighted by Gasteiger charge is 2.48. The van der Waals surface area contributed by atoms with Crippen LogP contribution in [0, 0.1) is 0 Å². The van der Waals surface area contributed by atoms with Gasteiger partial charge < -0.3 is 62.9 Å². The molecule has 2 aliphatic rings. The Kier molecular flexibility index (Phi) is 10.5. The second-order valence-corrected chi connectivity index (χ2v) is 9.40. The first kappa shape index (κ1) is 28.8. The molecule has 1 aliphatic heterocycles. The van der Waals surface area contributed by atoms with Crippen LogP contribution < -0.4 is 28.3 Å². The molecule has 1 saturated heterocycles. The normalized spacial score (nSPS) is 37.9. The molecular weight excluding hydrogens is 474 g/mol. The van der Waals surface area contributed by atoms with Crippen molar-refractivity contribution >= 4 is 5.91 Å². The molecule has 13 heteroatoms. The SMILES string of the molecule is NC[C@H]1O[C@H](O[C@H]2[C@H](OCC(=O)N[C@H](CO)Cc3ccccc3)[C@@H](O)[C@H](N)C[C@@H]2N)[C@H](N)[C@@H](O)[C@@H]1O. The number of nitrogens with two attached hydrogens (primary N) is 4. The van der Waals surface area contributed by atoms with Crippen LogP contribution in [-0.4, -0.2) is 113 Å². The second-order valence-electron chi connectivity index (χ2n) is 9.40. The molecule has 3 rings (SSSR count). The molecule has 13 nitrogen and oxygen atoms in total. The van der Waals surface area contributed by atoms with Gasteiger partial charge in [0, 0.05) is 18.6 Å². The molecule has 0 bridgehead atoms. The van der Waals surface area contributed by atoms with E-state index < -0.39 is 79.6 Å². The molecule has 1 heterocycles. The van der Waals surface area contributed by atoms with Crippen LogP contribution in [0.4, 0.5) is 0 Å². The standard InChI is InChI=1S/C23H39N5O8/c24-8-15-19(32)20(33)17(27)23(35-15)36-21-14(26)7-13(25)18(31)22(21)34-10-16(30)28-12(9-29)6-11-4-2-1-3-5-11/h1-5,12-15,17-23,29,31-33H,6-10,24-27H2,(H,28,30)/t12-,13+,14-,15+,17+,18-,19+,20+,21+,22+,23+/m0/s1. The largest absolute Gasteiger partial charge is 0.394 e. The number of amides is 1. The predicted octanol–water partition coefficient (Wildman–Crippen LogP) is -4.37. The van der Waals surface area contributed by atoms with Gasteiger partial charge in [-0.1, -0.05) is 30.3 Å². The summed E-state index contributed by atoms with van der Waals surface area (Å²) in [6.07, 6.45) is -7.53. The summed E-state index contributed by atoms with van der Waals surface area (Å²) in [5.74, 6) is -0.518. The van der Waals surface area contributed by atoms with Crippen LogP contribution in [0.25, 0.3) is 0 Å². The summed E-state index contributed by atoms with van der Waals surface area (Å²) in [5, 5.41) is 43.4. The van der Waals surface area contributed by atoms with E-state index in [1.54, 1.807) is 0 Å². The van der Waals surface area contributed by atoms with E-state index >= 15 is 0 Å². The Labute approximate surface area is 209 Å². The molecular formula is C23H39N5O8. The minimum Gasteiger partial charge on any atom is -0.394 e. The van der Waals surface area contributed by atoms with Gasteiger partial charge in [0.15, 0.2) is 6.29 Å². The maximum absolute atomic E-state index is 12.6. The number of hydrogen-bond donors (Lipinski definition) is 9. The molecule has 0 aromatic heterocycles. The molecule has 36 heavy (non-hydrogen) atoms. The van der Waals surface area contributed by atoms with E-state index in [2.05, 4.69) is 5.32 Å². The van der Waals surface area contributed by atoms with Crippen molar-refractivity contribution in [3.05, 3.63) is 35.9 Å². The zero-order chi connectivity index (χ0) is 26.4. The Morgan fingerprint density at radius 3 is 2.39 bits per heavy atom. The maximum Gasteiger partial charge on any atom is 0.246 e. The first-order chi connectivity index (χ1) is 17.2. The highest BCUT2D eigenvalue weighted by atomic mass is 16.7. The van der Waals surface area contributed by atoms with Gasteiger partial charge in [-0.3, -0.25) is 4.79 Å². The average Bonchev–Trinajstić information content (AvgIpc) is 2.87. The number of nitrogens with one attached hydrogen (secondary N) is 1. The van der Waals surface area contributed by atoms with Crippen LogP contribution in [-0.2, 0) is 25.4 Å². The van der Waals surface area contributed by atoms with Crippen LogP contribution in [0.2, 0.25) is 0 Å². The van der Waals surface area contributed by atoms with Gasteiger partial charge in [0.25, 0.3) is 0 Å². The summed E-state index contributed by atoms with van der Waals surface area (Å²) in [6, 6.07) is 6.26. The van der Waals surface area contributed by atoms with Crippen LogP contribution >= 0.6 is 0 Å². The lowest BCUT2D eigenvalue weighted by Gasteiger charge is -2.46. The Bertz CT molecular complexity index is 821. The minimum absolute atomic E-state index is 0.0931. The van der Waals surface area contributed by atoms with Gasteiger partial charge >= 0.3 is 0 Å². The molecule has 1 aromatic carbocycles. The number of aliphatic hydroxyl groups is 4. The van der Waals surface area contributed by atoms with Crippen LogP contribution in [0.5, 0.6) is 0 Å². The fourth-order valence-corrected chi connectivity index (χ4v) is 4.57. The lowest BCUT2D eigenvalue weighted by molar-refractivity contribution is -0.290. The molecule has 11 atom stereocenters. The van der Waals surface area contributed by atoms with Crippen LogP contribution in [0.15, 0.2) is 30.3 Å². The molecule has 204 valence electrons. The third kappa shape index (κ3) is 6.96. The Balaban J connectivity index is 1.64. The quantitative estimate of drug-likeness (QED) is 0.144. The van der Waals surface area contributed by atoms with E-state index in [4.69, 9.17) is 37.1 Å². The number of carbonyl (C=O) groups is 1. The molecule has 13 N–H and O–H groups in total. The van der Waals surface area contributed by atoms with Crippen molar-refractivity contribution in [2.24, 2.45) is 22.9 Å². The van der Waals surface area contributed by atoms with Gasteiger partial charge in [0.1, 0.15) is 37.1 Å². The summed E-state index contributed by atoms with van der Waals surface area (Å²) in [5.41, 5.74) is 24.8. The third-order valence-corrected chi connectivity index (χ3v) is 6.65. The minimum atomic E-state index is -1.37. The van der Waals surface area contributed by atoms with E-state index in [0.29, 0.717) is 6.42 Å². The fraction of sp³-hybridized carbons (Fsp3) is 0.696. The lowest BCUT2D eigenvalue weighted by Crippen LogP contribution is -2.68. The van der Waals surface area contributed by atoms with Crippen molar-refractivity contribution in [2.45, 2.75) is 79.9 Å². The molecule has 0 radical (unpaired) electrons. The number of rotatable bonds is 10. The summed E-state index contributed by atoms with van der Waals surface area (Å²) in [4.78, 5) is 12.6. The zero-order valence-corrected chi connectivity index (χ0v) is 20.0. The molecule has 1 aliphatic carbocycles. The van der Waals surface area contributed by atoms with E-state index in [9.17, 15) is 25.2 Å². The van der Waals surface area contributed by atoms with E-state index in [0.717, 1.165) is 5.56 Å². The Hall–Kier alpha value is -1.75. The highest BCUT2D eigenvalue weighted by molar-refractivity contribution is 5.77. The van der Waals surface area contributed by atoms with Crippen molar-refractivity contribution in [3.63, 3.8) is 0 Å². The van der Waals surface area contributed by atoms with Gasteiger partial charge in [0.2, 0.25) is 5.91 Å². The molecule has 1 aromatic rings. The lowest BCUT2D eigenvalue weighted by atomic mass is 9.84. The van der Waals surface area contributed by atoms with E-state index in [1.165, 1.54) is 0 Å². The van der Waals surface area contributed by atoms with Crippen molar-refractivity contribution < 1.29 is 39.4 Å². The molecule has 0 spiro atoms. The van der Waals surface area contributed by atoms with Gasteiger partial charge in [-0.05, 0) is 18.4 Å². The Morgan fingerprint density at radius 1 is 1.06 bits per heavy atom. The first-order valence-corrected chi connectivity index (χ1v) is 12.0. The molecule has 2 fully saturated rings. The van der Waals surface area contributed by atoms with Crippen molar-refractivity contribution in [1.29, 1.82) is 0 Å². The van der Waals surface area contributed by atoms with E-state index in [-0.39, 0.29) is 19.6 Å². The summed E-state index contributed by atoms with van der Waals surface area (Å²) >= 11 is 0. The first-order valence-electron chi connectivity index (χ1n) is 12.0. The number of carbonyl (C=O) groups excluding carboxylic acids is 1. The summed E-state index contributed by atoms with van der Waals surface area (Å²) in [6.45, 7) is -0.831. The second kappa shape index (κ2) is 13.2. The Morgan fingerprint density at radius 2 is 1.75 bits per heavy atom. The van der Waals surface area contributed by atoms with Gasteiger partial charge in [-0.15, -0.1) is 0 Å². The highest BCUT2D eigenvalue weighted by Crippen LogP contribution is 2.28. The van der Waals surface area contributed by atoms with Crippen LogP contribution in [0.3, 0.4) is 0 Å². The average molecular weight is 514 g/mol. The summed E-state index contributed by atoms with van der Waals surface area (Å²) in [7, 11) is 0. The smallest absolute Gasteiger partial charge is 0.246 e. The van der Waals surface area contributed by atoms with E-state index in [1.807, 2.05) is 30.3 Å². The topological polar surface area (TPSA) is 242 Å². The maximum atomic E-state index is 12.6. The van der Waals surface area contributed by atoms with Gasteiger partial charge in [-0.25, -0.2) is 0 Å². The zero-order valence-electron chi connectivity index (χ0n) is 20.0. The van der Waals surface area contributed by atoms with Crippen molar-refractivity contribution in [2.75, 3.05) is 19.8 Å². The third-order valence-electron chi connectivity index (χ3n) is 6.65. The predicted molar refractivity (Wildman–Crippen MR) is 128 cm³/mol. The van der Waals surface area contributed by atoms with Crippen molar-refractivity contribution in [3.8, 4) is 0 Å². The van der Waals surface area contributed by atoms with Crippen molar-refractivity contribution in [1.82, 2.24) is 5.32 Å². The molecule has 1 amide bonds. The van der Waals surface area contributed by atoms with Gasteiger partial charge in [0.05, 0.1) is 24.8 Å². The number of aliphatic hydroxyl groups excluding tert-OH is 4. The monoisotopic (exact) mass is 513 g/mol. The fourth-order valence-electron chi connectivity index (χ4n) is 4.57. The number of ether oxygens (including phenoxy) is 3. The number of benzene rings is 1. The molecule has 1 saturated carbocycles. The van der Waals surface area contributed by atoms with Crippen LogP contribution in [0.1, 0.15) is 12.0 Å². The number of hydrogen-bond acceptors (Lipinski definition) is 12.